The maximum absolute atomic E-state index is 14.5. The van der Waals surface area contributed by atoms with Crippen molar-refractivity contribution in [1.29, 1.82) is 0 Å². The van der Waals surface area contributed by atoms with E-state index in [0.29, 0.717) is 11.8 Å². The molecular formula is C24H24F5N5O. The number of benzene rings is 1. The number of carbonyl (C=O) groups is 1. The highest BCUT2D eigenvalue weighted by atomic mass is 19.4. The number of hydrogen-bond donors (Lipinski definition) is 1. The molecule has 1 fully saturated rings. The monoisotopic (exact) mass is 493 g/mol. The van der Waals surface area contributed by atoms with E-state index in [2.05, 4.69) is 15.4 Å². The summed E-state index contributed by atoms with van der Waals surface area (Å²) < 4.78 is 68.9. The van der Waals surface area contributed by atoms with Crippen LogP contribution in [0, 0.1) is 5.92 Å². The lowest BCUT2D eigenvalue weighted by molar-refractivity contribution is -0.137. The molecule has 1 aromatic carbocycles. The summed E-state index contributed by atoms with van der Waals surface area (Å²) in [5.41, 5.74) is 0.413. The second-order valence-corrected chi connectivity index (χ2v) is 8.78. The number of aryl methyl sites for hydroxylation is 1. The zero-order valence-corrected chi connectivity index (χ0v) is 19.1. The number of alkyl halides is 5. The van der Waals surface area contributed by atoms with Crippen LogP contribution in [-0.2, 0) is 13.2 Å². The van der Waals surface area contributed by atoms with Crippen molar-refractivity contribution in [2.75, 3.05) is 18.4 Å². The minimum Gasteiger partial charge on any atom is -0.368 e. The van der Waals surface area contributed by atoms with Gasteiger partial charge in [0.2, 0.25) is 0 Å². The first-order valence-corrected chi connectivity index (χ1v) is 11.0. The van der Waals surface area contributed by atoms with Crippen molar-refractivity contribution in [2.45, 2.75) is 31.5 Å². The summed E-state index contributed by atoms with van der Waals surface area (Å²) in [5, 5.41) is 7.16. The Kier molecular flexibility index (Phi) is 6.52. The lowest BCUT2D eigenvalue weighted by atomic mass is 9.88. The Morgan fingerprint density at radius 2 is 1.89 bits per heavy atom. The summed E-state index contributed by atoms with van der Waals surface area (Å²) in [6.45, 7) is 0.874. The number of hydrogen-bond acceptors (Lipinski definition) is 4. The summed E-state index contributed by atoms with van der Waals surface area (Å²) in [6.07, 6.45) is -2.58. The first-order chi connectivity index (χ1) is 16.4. The van der Waals surface area contributed by atoms with Crippen LogP contribution >= 0.6 is 0 Å². The van der Waals surface area contributed by atoms with E-state index in [1.165, 1.54) is 10.7 Å². The molecule has 0 bridgehead atoms. The van der Waals surface area contributed by atoms with Gasteiger partial charge in [-0.25, -0.2) is 13.8 Å². The molecule has 3 aromatic rings. The predicted octanol–water partition coefficient (Wildman–Crippen LogP) is 5.10. The molecule has 1 saturated heterocycles. The van der Waals surface area contributed by atoms with E-state index in [-0.39, 0.29) is 18.1 Å². The Bertz CT molecular complexity index is 1180. The van der Waals surface area contributed by atoms with Gasteiger partial charge in [-0.2, -0.15) is 18.3 Å². The fourth-order valence-corrected chi connectivity index (χ4v) is 4.37. The molecule has 0 saturated carbocycles. The lowest BCUT2D eigenvalue weighted by Gasteiger charge is -2.43. The third kappa shape index (κ3) is 5.44. The van der Waals surface area contributed by atoms with Crippen molar-refractivity contribution >= 4 is 11.7 Å². The first kappa shape index (κ1) is 24.6. The number of rotatable bonds is 5. The van der Waals surface area contributed by atoms with Crippen molar-refractivity contribution in [3.63, 3.8) is 0 Å². The molecule has 0 spiro atoms. The molecule has 1 aliphatic rings. The fraction of sp³-hybridized carbons (Fsp3) is 0.375. The average Bonchev–Trinajstić information content (AvgIpc) is 3.19. The molecule has 4 rings (SSSR count). The number of aromatic nitrogens is 3. The van der Waals surface area contributed by atoms with Crippen molar-refractivity contribution in [1.82, 2.24) is 19.7 Å². The molecule has 11 heteroatoms. The normalized spacial score (nSPS) is 20.0. The maximum Gasteiger partial charge on any atom is 0.417 e. The molecule has 6 nitrogen and oxygen atoms in total. The van der Waals surface area contributed by atoms with Gasteiger partial charge >= 0.3 is 6.18 Å². The highest BCUT2D eigenvalue weighted by Crippen LogP contribution is 2.36. The minimum absolute atomic E-state index is 0.0366. The highest BCUT2D eigenvalue weighted by molar-refractivity contribution is 5.99. The highest BCUT2D eigenvalue weighted by Gasteiger charge is 2.46. The van der Waals surface area contributed by atoms with Gasteiger partial charge in [0.15, 0.2) is 5.69 Å². The predicted molar refractivity (Wildman–Crippen MR) is 120 cm³/mol. The van der Waals surface area contributed by atoms with E-state index in [1.54, 1.807) is 44.4 Å². The van der Waals surface area contributed by atoms with Crippen molar-refractivity contribution in [2.24, 2.45) is 13.0 Å². The standard InChI is InChI=1S/C24H24F5N5O/c1-15-10-23(25,26)14-34(19(15)12-31-20-9-8-17(11-30-20)24(27,28)29)22(35)21-18(13-33(2)32-21)16-6-4-3-5-7-16/h3-9,11,13,15,19H,10,12,14H2,1-2H3,(H,30,31). The molecule has 0 radical (unpaired) electrons. The van der Waals surface area contributed by atoms with Crippen LogP contribution in [0.4, 0.5) is 27.8 Å². The van der Waals surface area contributed by atoms with Crippen molar-refractivity contribution in [3.05, 3.63) is 66.1 Å². The summed E-state index contributed by atoms with van der Waals surface area (Å²) in [5.74, 6) is -4.16. The topological polar surface area (TPSA) is 63.1 Å². The van der Waals surface area contributed by atoms with E-state index in [4.69, 9.17) is 0 Å². The molecule has 1 N–H and O–H groups in total. The Balaban J connectivity index is 1.60. The zero-order chi connectivity index (χ0) is 25.4. The number of likely N-dealkylation sites (tertiary alicyclic amines) is 1. The van der Waals surface area contributed by atoms with Crippen LogP contribution in [0.3, 0.4) is 0 Å². The van der Waals surface area contributed by atoms with Gasteiger partial charge in [-0.1, -0.05) is 37.3 Å². The molecule has 2 unspecified atom stereocenters. The van der Waals surface area contributed by atoms with E-state index < -0.39 is 48.5 Å². The second-order valence-electron chi connectivity index (χ2n) is 8.78. The SMILES string of the molecule is CC1CC(F)(F)CN(C(=O)c2nn(C)cc2-c2ccccc2)C1CNc1ccc(C(F)(F)F)cn1. The Morgan fingerprint density at radius 3 is 2.51 bits per heavy atom. The summed E-state index contributed by atoms with van der Waals surface area (Å²) in [7, 11) is 1.64. The number of piperidine rings is 1. The average molecular weight is 493 g/mol. The van der Waals surface area contributed by atoms with Gasteiger partial charge in [0.25, 0.3) is 11.8 Å². The Morgan fingerprint density at radius 1 is 1.17 bits per heavy atom. The Labute approximate surface area is 198 Å². The van der Waals surface area contributed by atoms with Crippen LogP contribution in [0.1, 0.15) is 29.4 Å². The molecule has 1 aliphatic heterocycles. The Hall–Kier alpha value is -3.50. The molecule has 1 amide bonds. The molecule has 2 atom stereocenters. The second kappa shape index (κ2) is 9.27. The molecule has 35 heavy (non-hydrogen) atoms. The number of anilines is 1. The van der Waals surface area contributed by atoms with Crippen LogP contribution in [0.25, 0.3) is 11.1 Å². The third-order valence-corrected chi connectivity index (χ3v) is 6.04. The van der Waals surface area contributed by atoms with Crippen LogP contribution in [0.15, 0.2) is 54.9 Å². The number of nitrogens with zero attached hydrogens (tertiary/aromatic N) is 4. The van der Waals surface area contributed by atoms with Crippen LogP contribution in [-0.4, -0.2) is 50.6 Å². The largest absolute Gasteiger partial charge is 0.417 e. The number of halogens is 5. The zero-order valence-electron chi connectivity index (χ0n) is 19.1. The van der Waals surface area contributed by atoms with Gasteiger partial charge in [-0.3, -0.25) is 9.48 Å². The smallest absolute Gasteiger partial charge is 0.368 e. The molecule has 2 aromatic heterocycles. The molecule has 186 valence electrons. The fourth-order valence-electron chi connectivity index (χ4n) is 4.37. The van der Waals surface area contributed by atoms with E-state index in [0.717, 1.165) is 16.5 Å². The maximum atomic E-state index is 14.5. The molecule has 0 aliphatic carbocycles. The molecule has 3 heterocycles. The van der Waals surface area contributed by atoms with E-state index in [9.17, 15) is 26.7 Å². The number of nitrogens with one attached hydrogen (secondary N) is 1. The minimum atomic E-state index is -4.52. The van der Waals surface area contributed by atoms with E-state index in [1.807, 2.05) is 6.07 Å². The van der Waals surface area contributed by atoms with Gasteiger partial charge in [-0.15, -0.1) is 0 Å². The van der Waals surface area contributed by atoms with Gasteiger partial charge in [0.1, 0.15) is 5.82 Å². The lowest BCUT2D eigenvalue weighted by Crippen LogP contribution is -2.57. The van der Waals surface area contributed by atoms with Crippen molar-refractivity contribution < 1.29 is 26.7 Å². The van der Waals surface area contributed by atoms with Crippen molar-refractivity contribution in [3.8, 4) is 11.1 Å². The number of pyridine rings is 1. The quantitative estimate of drug-likeness (QED) is 0.503. The summed E-state index contributed by atoms with van der Waals surface area (Å²) in [6, 6.07) is 10.4. The van der Waals surface area contributed by atoms with Gasteiger partial charge < -0.3 is 10.2 Å². The van der Waals surface area contributed by atoms with Crippen LogP contribution in [0.2, 0.25) is 0 Å². The van der Waals surface area contributed by atoms with Gasteiger partial charge in [-0.05, 0) is 23.6 Å². The van der Waals surface area contributed by atoms with E-state index >= 15 is 0 Å². The molecular weight excluding hydrogens is 469 g/mol. The summed E-state index contributed by atoms with van der Waals surface area (Å²) in [4.78, 5) is 18.4. The van der Waals surface area contributed by atoms with Crippen LogP contribution < -0.4 is 5.32 Å². The summed E-state index contributed by atoms with van der Waals surface area (Å²) >= 11 is 0. The van der Waals surface area contributed by atoms with Gasteiger partial charge in [0.05, 0.1) is 18.2 Å². The first-order valence-electron chi connectivity index (χ1n) is 11.0. The third-order valence-electron chi connectivity index (χ3n) is 6.04. The number of amides is 1. The van der Waals surface area contributed by atoms with Crippen LogP contribution in [0.5, 0.6) is 0 Å². The van der Waals surface area contributed by atoms with Gasteiger partial charge in [0, 0.05) is 38.0 Å². The number of carbonyl (C=O) groups excluding carboxylic acids is 1.